The maximum Gasteiger partial charge on any atom is 0.164 e. The first-order valence-electron chi connectivity index (χ1n) is 20.5. The van der Waals surface area contributed by atoms with Crippen LogP contribution < -0.4 is 5.73 Å². The number of para-hydroxylation sites is 2. The van der Waals surface area contributed by atoms with Crippen molar-refractivity contribution in [1.29, 1.82) is 0 Å². The number of hydrogen-bond donors (Lipinski definition) is 1. The van der Waals surface area contributed by atoms with Crippen LogP contribution in [0.25, 0.3) is 111 Å². The van der Waals surface area contributed by atoms with E-state index in [-0.39, 0.29) is 0 Å². The first kappa shape index (κ1) is 34.7. The van der Waals surface area contributed by atoms with Gasteiger partial charge < -0.3 is 14.9 Å². The van der Waals surface area contributed by atoms with Gasteiger partial charge in [-0.05, 0) is 65.0 Å². The van der Waals surface area contributed by atoms with E-state index < -0.39 is 0 Å². The molecule has 0 aliphatic heterocycles. The maximum absolute atomic E-state index is 7.23. The third-order valence-corrected chi connectivity index (χ3v) is 11.9. The lowest BCUT2D eigenvalue weighted by molar-refractivity contribution is 1.07. The van der Waals surface area contributed by atoms with E-state index in [0.717, 1.165) is 66.6 Å². The van der Waals surface area contributed by atoms with Gasteiger partial charge in [0, 0.05) is 43.6 Å². The Balaban J connectivity index is 1.07. The van der Waals surface area contributed by atoms with Crippen LogP contribution in [0, 0.1) is 0 Å². The molecular formula is C55H36N6. The molecule has 12 rings (SSSR count). The van der Waals surface area contributed by atoms with Crippen molar-refractivity contribution in [1.82, 2.24) is 24.1 Å². The van der Waals surface area contributed by atoms with Crippen LogP contribution in [0.1, 0.15) is 0 Å². The molecule has 0 saturated heterocycles. The van der Waals surface area contributed by atoms with Crippen molar-refractivity contribution >= 4 is 60.1 Å². The van der Waals surface area contributed by atoms with Crippen molar-refractivity contribution in [2.45, 2.75) is 0 Å². The summed E-state index contributed by atoms with van der Waals surface area (Å²) in [6.45, 7) is 0. The molecule has 3 heterocycles. The number of benzene rings is 9. The van der Waals surface area contributed by atoms with Crippen molar-refractivity contribution in [3.8, 4) is 56.7 Å². The molecule has 61 heavy (non-hydrogen) atoms. The van der Waals surface area contributed by atoms with Crippen molar-refractivity contribution in [3.63, 3.8) is 0 Å². The summed E-state index contributed by atoms with van der Waals surface area (Å²) >= 11 is 0. The number of nitrogens with two attached hydrogens (primary N) is 1. The molecule has 0 bridgehead atoms. The average Bonchev–Trinajstić information content (AvgIpc) is 3.84. The predicted octanol–water partition coefficient (Wildman–Crippen LogP) is 13.5. The van der Waals surface area contributed by atoms with Crippen molar-refractivity contribution in [2.24, 2.45) is 0 Å². The first-order chi connectivity index (χ1) is 30.2. The Hall–Kier alpha value is -8.35. The fourth-order valence-electron chi connectivity index (χ4n) is 9.14. The van der Waals surface area contributed by atoms with Gasteiger partial charge in [0.25, 0.3) is 0 Å². The summed E-state index contributed by atoms with van der Waals surface area (Å²) in [5.41, 5.74) is 19.2. The average molecular weight is 781 g/mol. The molecule has 0 fully saturated rings. The lowest BCUT2D eigenvalue weighted by Crippen LogP contribution is -2.03. The van der Waals surface area contributed by atoms with Crippen LogP contribution in [0.15, 0.2) is 206 Å². The maximum atomic E-state index is 7.23. The normalized spacial score (nSPS) is 11.7. The highest BCUT2D eigenvalue weighted by Gasteiger charge is 2.23. The summed E-state index contributed by atoms with van der Waals surface area (Å²) in [7, 11) is 0. The van der Waals surface area contributed by atoms with Crippen LogP contribution in [0.3, 0.4) is 0 Å². The Morgan fingerprint density at radius 1 is 0.328 bits per heavy atom. The standard InChI is InChI=1S/C55H36N6/c56-45-34-40(55-58-53(37-18-5-2-6-19-37)57-54(59-55)39-22-13-21-38(33-39)35-15-3-1-4-16-35)29-31-49(45)61-47-26-11-9-24-42(47)43-30-32-50-51(52(43)61)44-25-10-12-27-48(44)60(50)46-28-14-20-36-17-7-8-23-41(36)46/h1-34H,56H2. The smallest absolute Gasteiger partial charge is 0.164 e. The van der Waals surface area contributed by atoms with Gasteiger partial charge in [-0.2, -0.15) is 0 Å². The van der Waals surface area contributed by atoms with Gasteiger partial charge in [-0.15, -0.1) is 0 Å². The lowest BCUT2D eigenvalue weighted by Gasteiger charge is -2.14. The zero-order chi connectivity index (χ0) is 40.4. The topological polar surface area (TPSA) is 74.6 Å². The van der Waals surface area contributed by atoms with Crippen LogP contribution >= 0.6 is 0 Å². The van der Waals surface area contributed by atoms with E-state index in [2.05, 4.69) is 173 Å². The van der Waals surface area contributed by atoms with E-state index in [1.807, 2.05) is 42.5 Å². The Morgan fingerprint density at radius 2 is 0.885 bits per heavy atom. The number of nitrogen functional groups attached to an aromatic ring is 1. The molecule has 0 aliphatic rings. The van der Waals surface area contributed by atoms with Crippen molar-refractivity contribution < 1.29 is 0 Å². The molecule has 6 heteroatoms. The second kappa shape index (κ2) is 13.9. The molecule has 0 amide bonds. The van der Waals surface area contributed by atoms with Gasteiger partial charge in [-0.1, -0.05) is 158 Å². The van der Waals surface area contributed by atoms with Gasteiger partial charge in [-0.3, -0.25) is 0 Å². The summed E-state index contributed by atoms with van der Waals surface area (Å²) in [4.78, 5) is 15.2. The highest BCUT2D eigenvalue weighted by atomic mass is 15.0. The number of anilines is 1. The SMILES string of the molecule is Nc1cc(-c2nc(-c3ccccc3)nc(-c3cccc(-c4ccccc4)c3)n2)ccc1-n1c2ccccc2c2ccc3c(c4ccccc4n3-c3cccc4ccccc34)c21. The Morgan fingerprint density at radius 3 is 1.64 bits per heavy atom. The van der Waals surface area contributed by atoms with E-state index in [9.17, 15) is 0 Å². The quantitative estimate of drug-likeness (QED) is 0.171. The minimum absolute atomic E-state index is 0.551. The molecule has 0 radical (unpaired) electrons. The summed E-state index contributed by atoms with van der Waals surface area (Å²) in [6.07, 6.45) is 0. The number of nitrogens with zero attached hydrogens (tertiary/aromatic N) is 5. The summed E-state index contributed by atoms with van der Waals surface area (Å²) in [5.74, 6) is 1.74. The van der Waals surface area contributed by atoms with Gasteiger partial charge in [0.1, 0.15) is 0 Å². The molecule has 0 atom stereocenters. The third-order valence-electron chi connectivity index (χ3n) is 11.9. The van der Waals surface area contributed by atoms with Gasteiger partial charge in [-0.25, -0.2) is 15.0 Å². The zero-order valence-electron chi connectivity index (χ0n) is 32.9. The molecule has 0 aliphatic carbocycles. The van der Waals surface area contributed by atoms with Gasteiger partial charge in [0.05, 0.1) is 39.1 Å². The summed E-state index contributed by atoms with van der Waals surface area (Å²) < 4.78 is 4.76. The summed E-state index contributed by atoms with van der Waals surface area (Å²) in [6, 6.07) is 72.0. The van der Waals surface area contributed by atoms with Crippen LogP contribution in [0.2, 0.25) is 0 Å². The van der Waals surface area contributed by atoms with Crippen LogP contribution in [0.5, 0.6) is 0 Å². The third kappa shape index (κ3) is 5.61. The van der Waals surface area contributed by atoms with Crippen LogP contribution in [0.4, 0.5) is 5.69 Å². The first-order valence-corrected chi connectivity index (χ1v) is 20.5. The second-order valence-corrected chi connectivity index (χ2v) is 15.5. The Kier molecular flexibility index (Phi) is 7.90. The Labute approximate surface area is 351 Å². The Bertz CT molecular complexity index is 3650. The highest BCUT2D eigenvalue weighted by molar-refractivity contribution is 6.26. The molecule has 12 aromatic rings. The van der Waals surface area contributed by atoms with Gasteiger partial charge in [0.2, 0.25) is 0 Å². The molecule has 286 valence electrons. The van der Waals surface area contributed by atoms with Gasteiger partial charge in [0.15, 0.2) is 17.5 Å². The van der Waals surface area contributed by atoms with Crippen molar-refractivity contribution in [2.75, 3.05) is 5.73 Å². The monoisotopic (exact) mass is 780 g/mol. The fraction of sp³-hybridized carbons (Fsp3) is 0. The molecule has 0 saturated carbocycles. The molecular weight excluding hydrogens is 745 g/mol. The predicted molar refractivity (Wildman–Crippen MR) is 252 cm³/mol. The number of rotatable bonds is 6. The molecule has 3 aromatic heterocycles. The lowest BCUT2D eigenvalue weighted by atomic mass is 10.0. The molecule has 6 nitrogen and oxygen atoms in total. The molecule has 0 spiro atoms. The minimum Gasteiger partial charge on any atom is -0.397 e. The largest absolute Gasteiger partial charge is 0.397 e. The number of fused-ring (bicyclic) bond motifs is 8. The van der Waals surface area contributed by atoms with E-state index >= 15 is 0 Å². The molecule has 9 aromatic carbocycles. The van der Waals surface area contributed by atoms with Gasteiger partial charge >= 0.3 is 0 Å². The molecule has 0 unspecified atom stereocenters. The summed E-state index contributed by atoms with van der Waals surface area (Å²) in [5, 5.41) is 7.09. The van der Waals surface area contributed by atoms with E-state index in [4.69, 9.17) is 20.7 Å². The van der Waals surface area contributed by atoms with Crippen LogP contribution in [-0.2, 0) is 0 Å². The highest BCUT2D eigenvalue weighted by Crippen LogP contribution is 2.44. The van der Waals surface area contributed by atoms with E-state index in [1.54, 1.807) is 0 Å². The van der Waals surface area contributed by atoms with Crippen LogP contribution in [-0.4, -0.2) is 24.1 Å². The molecule has 2 N–H and O–H groups in total. The fourth-order valence-corrected chi connectivity index (χ4v) is 9.14. The van der Waals surface area contributed by atoms with E-state index in [0.29, 0.717) is 23.2 Å². The number of hydrogen-bond acceptors (Lipinski definition) is 4. The van der Waals surface area contributed by atoms with E-state index in [1.165, 1.54) is 26.9 Å². The zero-order valence-corrected chi connectivity index (χ0v) is 32.9. The number of aromatic nitrogens is 5. The minimum atomic E-state index is 0.551. The van der Waals surface area contributed by atoms with Crippen molar-refractivity contribution in [3.05, 3.63) is 206 Å². The second-order valence-electron chi connectivity index (χ2n) is 15.5.